The fourth-order valence-corrected chi connectivity index (χ4v) is 2.49. The standard InChI is InChI=1S/C15H20N2/c1-6-14-10(3)15(17-12(14)5)8-13-7-9(2)16-11(13)4/h7,16H,5-6,8H2,1-4H3. The Bertz CT molecular complexity index is 527. The molecule has 0 radical (unpaired) electrons. The zero-order valence-corrected chi connectivity index (χ0v) is 11.1. The molecule has 0 saturated heterocycles. The van der Waals surface area contributed by atoms with Crippen LogP contribution in [0.25, 0.3) is 0 Å². The summed E-state index contributed by atoms with van der Waals surface area (Å²) in [5.41, 5.74) is 8.55. The Labute approximate surface area is 103 Å². The zero-order chi connectivity index (χ0) is 12.6. The van der Waals surface area contributed by atoms with Crippen molar-refractivity contribution in [3.8, 4) is 0 Å². The Morgan fingerprint density at radius 3 is 2.47 bits per heavy atom. The predicted molar refractivity (Wildman–Crippen MR) is 73.5 cm³/mol. The first-order valence-corrected chi connectivity index (χ1v) is 6.15. The first kappa shape index (κ1) is 11.9. The fourth-order valence-electron chi connectivity index (χ4n) is 2.49. The van der Waals surface area contributed by atoms with Crippen LogP contribution in [0.2, 0.25) is 0 Å². The van der Waals surface area contributed by atoms with Gasteiger partial charge in [-0.3, -0.25) is 4.99 Å². The number of allylic oxidation sites excluding steroid dienone is 2. The van der Waals surface area contributed by atoms with Gasteiger partial charge in [-0.25, -0.2) is 0 Å². The minimum Gasteiger partial charge on any atom is -0.362 e. The van der Waals surface area contributed by atoms with Gasteiger partial charge in [-0.2, -0.15) is 0 Å². The molecule has 0 unspecified atom stereocenters. The van der Waals surface area contributed by atoms with Gasteiger partial charge >= 0.3 is 0 Å². The minimum atomic E-state index is 0.907. The lowest BCUT2D eigenvalue weighted by molar-refractivity contribution is 1.10. The lowest BCUT2D eigenvalue weighted by atomic mass is 10.00. The normalized spacial score (nSPS) is 15.8. The second-order valence-electron chi connectivity index (χ2n) is 4.74. The van der Waals surface area contributed by atoms with Gasteiger partial charge in [0.05, 0.1) is 5.70 Å². The van der Waals surface area contributed by atoms with E-state index in [-0.39, 0.29) is 0 Å². The van der Waals surface area contributed by atoms with Crippen molar-refractivity contribution in [2.24, 2.45) is 4.99 Å². The molecule has 17 heavy (non-hydrogen) atoms. The van der Waals surface area contributed by atoms with Crippen molar-refractivity contribution in [2.75, 3.05) is 0 Å². The molecule has 0 spiro atoms. The first-order chi connectivity index (χ1) is 8.02. The van der Waals surface area contributed by atoms with E-state index in [4.69, 9.17) is 0 Å². The van der Waals surface area contributed by atoms with Crippen LogP contribution in [0.4, 0.5) is 0 Å². The van der Waals surface area contributed by atoms with Gasteiger partial charge in [0.1, 0.15) is 0 Å². The summed E-state index contributed by atoms with van der Waals surface area (Å²) in [4.78, 5) is 7.94. The smallest absolute Gasteiger partial charge is 0.0596 e. The van der Waals surface area contributed by atoms with Crippen LogP contribution in [-0.2, 0) is 6.42 Å². The van der Waals surface area contributed by atoms with Crippen molar-refractivity contribution < 1.29 is 0 Å². The summed E-state index contributed by atoms with van der Waals surface area (Å²) in [6.07, 6.45) is 1.92. The van der Waals surface area contributed by atoms with Gasteiger partial charge in [-0.15, -0.1) is 0 Å². The van der Waals surface area contributed by atoms with Crippen LogP contribution in [0, 0.1) is 13.8 Å². The van der Waals surface area contributed by atoms with Crippen molar-refractivity contribution in [2.45, 2.75) is 40.5 Å². The third-order valence-corrected chi connectivity index (χ3v) is 3.47. The van der Waals surface area contributed by atoms with Gasteiger partial charge in [-0.1, -0.05) is 13.5 Å². The molecular formula is C15H20N2. The Morgan fingerprint density at radius 1 is 1.29 bits per heavy atom. The molecule has 2 rings (SSSR count). The maximum Gasteiger partial charge on any atom is 0.0596 e. The van der Waals surface area contributed by atoms with Gasteiger partial charge in [0.15, 0.2) is 0 Å². The monoisotopic (exact) mass is 228 g/mol. The zero-order valence-electron chi connectivity index (χ0n) is 11.1. The van der Waals surface area contributed by atoms with Crippen LogP contribution in [0.1, 0.15) is 37.2 Å². The highest BCUT2D eigenvalue weighted by atomic mass is 14.8. The molecule has 1 aliphatic rings. The summed E-state index contributed by atoms with van der Waals surface area (Å²) in [6.45, 7) is 12.5. The fraction of sp³-hybridized carbons (Fsp3) is 0.400. The molecular weight excluding hydrogens is 208 g/mol. The highest BCUT2D eigenvalue weighted by Gasteiger charge is 2.18. The Balaban J connectivity index is 2.27. The summed E-state index contributed by atoms with van der Waals surface area (Å²) in [5.74, 6) is 0. The molecule has 1 aromatic rings. The molecule has 2 heterocycles. The first-order valence-electron chi connectivity index (χ1n) is 6.15. The summed E-state index contributed by atoms with van der Waals surface area (Å²) in [7, 11) is 0. The van der Waals surface area contributed by atoms with Crippen molar-refractivity contribution in [1.82, 2.24) is 4.98 Å². The number of H-pyrrole nitrogens is 1. The maximum absolute atomic E-state index is 4.60. The van der Waals surface area contributed by atoms with Crippen LogP contribution in [-0.4, -0.2) is 10.7 Å². The number of rotatable bonds is 3. The molecule has 0 atom stereocenters. The molecule has 2 nitrogen and oxygen atoms in total. The number of aromatic nitrogens is 1. The van der Waals surface area contributed by atoms with E-state index in [0.717, 1.165) is 18.5 Å². The quantitative estimate of drug-likeness (QED) is 0.813. The number of aryl methyl sites for hydroxylation is 2. The maximum atomic E-state index is 4.60. The van der Waals surface area contributed by atoms with Gasteiger partial charge in [0, 0.05) is 23.5 Å². The molecule has 1 N–H and O–H groups in total. The molecule has 1 aromatic heterocycles. The molecule has 90 valence electrons. The summed E-state index contributed by atoms with van der Waals surface area (Å²) < 4.78 is 0. The van der Waals surface area contributed by atoms with Crippen LogP contribution in [0.15, 0.2) is 34.5 Å². The number of hydrogen-bond acceptors (Lipinski definition) is 1. The van der Waals surface area contributed by atoms with E-state index in [1.54, 1.807) is 0 Å². The third-order valence-electron chi connectivity index (χ3n) is 3.47. The highest BCUT2D eigenvalue weighted by molar-refractivity contribution is 6.05. The largest absolute Gasteiger partial charge is 0.362 e. The molecule has 0 fully saturated rings. The molecule has 2 heteroatoms. The minimum absolute atomic E-state index is 0.907. The highest BCUT2D eigenvalue weighted by Crippen LogP contribution is 2.28. The van der Waals surface area contributed by atoms with Crippen LogP contribution >= 0.6 is 0 Å². The second-order valence-corrected chi connectivity index (χ2v) is 4.74. The van der Waals surface area contributed by atoms with Gasteiger partial charge in [-0.05, 0) is 50.0 Å². The van der Waals surface area contributed by atoms with Crippen molar-refractivity contribution in [3.05, 3.63) is 46.4 Å². The van der Waals surface area contributed by atoms with Gasteiger partial charge in [0.25, 0.3) is 0 Å². The van der Waals surface area contributed by atoms with E-state index >= 15 is 0 Å². The molecule has 0 saturated carbocycles. The molecule has 1 aliphatic heterocycles. The SMILES string of the molecule is C=C1N=C(Cc2cc(C)[nH]c2C)C(C)=C1CC. The third kappa shape index (κ3) is 2.12. The number of hydrogen-bond donors (Lipinski definition) is 1. The van der Waals surface area contributed by atoms with Crippen molar-refractivity contribution in [3.63, 3.8) is 0 Å². The second kappa shape index (κ2) is 4.36. The summed E-state index contributed by atoms with van der Waals surface area (Å²) in [5, 5.41) is 0. The van der Waals surface area contributed by atoms with E-state index in [1.807, 2.05) is 0 Å². The van der Waals surface area contributed by atoms with E-state index in [9.17, 15) is 0 Å². The van der Waals surface area contributed by atoms with E-state index < -0.39 is 0 Å². The van der Waals surface area contributed by atoms with E-state index in [1.165, 1.54) is 33.8 Å². The number of aromatic amines is 1. The van der Waals surface area contributed by atoms with Crippen molar-refractivity contribution in [1.29, 1.82) is 0 Å². The molecule has 0 bridgehead atoms. The average molecular weight is 228 g/mol. The van der Waals surface area contributed by atoms with E-state index in [0.29, 0.717) is 0 Å². The topological polar surface area (TPSA) is 28.1 Å². The van der Waals surface area contributed by atoms with Gasteiger partial charge in [0.2, 0.25) is 0 Å². The number of aliphatic imine (C=N–C) groups is 1. The number of nitrogens with zero attached hydrogens (tertiary/aromatic N) is 1. The van der Waals surface area contributed by atoms with E-state index in [2.05, 4.69) is 50.3 Å². The lowest BCUT2D eigenvalue weighted by Gasteiger charge is -2.03. The lowest BCUT2D eigenvalue weighted by Crippen LogP contribution is -2.03. The average Bonchev–Trinajstić information content (AvgIpc) is 2.69. The predicted octanol–water partition coefficient (Wildman–Crippen LogP) is 3.87. The number of nitrogens with one attached hydrogen (secondary N) is 1. The van der Waals surface area contributed by atoms with Gasteiger partial charge < -0.3 is 4.98 Å². The van der Waals surface area contributed by atoms with Crippen LogP contribution in [0.5, 0.6) is 0 Å². The Hall–Kier alpha value is -1.57. The molecule has 0 aromatic carbocycles. The van der Waals surface area contributed by atoms with Crippen LogP contribution < -0.4 is 0 Å². The molecule has 0 amide bonds. The molecule has 0 aliphatic carbocycles. The van der Waals surface area contributed by atoms with Crippen molar-refractivity contribution >= 4 is 5.71 Å². The summed E-state index contributed by atoms with van der Waals surface area (Å²) >= 11 is 0. The van der Waals surface area contributed by atoms with Crippen LogP contribution in [0.3, 0.4) is 0 Å². The Morgan fingerprint density at radius 2 is 2.00 bits per heavy atom. The Kier molecular flexibility index (Phi) is 3.05. The summed E-state index contributed by atoms with van der Waals surface area (Å²) in [6, 6.07) is 2.21.